The Bertz CT molecular complexity index is 679. The van der Waals surface area contributed by atoms with Gasteiger partial charge in [0.25, 0.3) is 10.1 Å². The van der Waals surface area contributed by atoms with Gasteiger partial charge in [0.15, 0.2) is 0 Å². The molecule has 2 aromatic carbocycles. The van der Waals surface area contributed by atoms with E-state index in [9.17, 15) is 13.0 Å². The van der Waals surface area contributed by atoms with Gasteiger partial charge in [0.1, 0.15) is 4.90 Å². The molecule has 2 rings (SSSR count). The van der Waals surface area contributed by atoms with E-state index in [2.05, 4.69) is 0 Å². The summed E-state index contributed by atoms with van der Waals surface area (Å²) < 4.78 is 31.8. The third kappa shape index (κ3) is 2.44. The molecule has 94 valence electrons. The number of nitrogen functional groups attached to an aromatic ring is 2. The fourth-order valence-corrected chi connectivity index (χ4v) is 2.36. The fourth-order valence-electron chi connectivity index (χ4n) is 1.66. The molecular formula is C12H12N2O3S. The van der Waals surface area contributed by atoms with Gasteiger partial charge in [0.2, 0.25) is 0 Å². The predicted molar refractivity (Wildman–Crippen MR) is 70.5 cm³/mol. The highest BCUT2D eigenvalue weighted by Gasteiger charge is 2.16. The molecule has 2 aromatic rings. The van der Waals surface area contributed by atoms with Crippen LogP contribution in [0.3, 0.4) is 0 Å². The van der Waals surface area contributed by atoms with Gasteiger partial charge in [-0.3, -0.25) is 4.55 Å². The van der Waals surface area contributed by atoms with Crippen molar-refractivity contribution in [3.05, 3.63) is 42.5 Å². The molecule has 0 heterocycles. The van der Waals surface area contributed by atoms with Gasteiger partial charge >= 0.3 is 0 Å². The van der Waals surface area contributed by atoms with Crippen LogP contribution < -0.4 is 11.5 Å². The molecule has 0 bridgehead atoms. The van der Waals surface area contributed by atoms with Crippen LogP contribution in [0.2, 0.25) is 0 Å². The molecule has 5 N–H and O–H groups in total. The van der Waals surface area contributed by atoms with Crippen molar-refractivity contribution in [1.29, 1.82) is 0 Å². The van der Waals surface area contributed by atoms with E-state index in [1.54, 1.807) is 24.3 Å². The van der Waals surface area contributed by atoms with Crippen LogP contribution in [0.1, 0.15) is 0 Å². The van der Waals surface area contributed by atoms with Crippen molar-refractivity contribution in [1.82, 2.24) is 0 Å². The van der Waals surface area contributed by atoms with Crippen LogP contribution >= 0.6 is 0 Å². The largest absolute Gasteiger partial charge is 0.399 e. The van der Waals surface area contributed by atoms with E-state index in [1.165, 1.54) is 18.2 Å². The van der Waals surface area contributed by atoms with Gasteiger partial charge < -0.3 is 11.5 Å². The maximum atomic E-state index is 11.3. The minimum absolute atomic E-state index is 0.179. The Hall–Kier alpha value is -2.05. The van der Waals surface area contributed by atoms with Crippen LogP contribution in [-0.4, -0.2) is 13.0 Å². The van der Waals surface area contributed by atoms with E-state index in [0.29, 0.717) is 22.5 Å². The zero-order chi connectivity index (χ0) is 13.3. The zero-order valence-electron chi connectivity index (χ0n) is 9.37. The van der Waals surface area contributed by atoms with Gasteiger partial charge in [-0.2, -0.15) is 8.42 Å². The maximum absolute atomic E-state index is 11.3. The minimum atomic E-state index is -4.30. The van der Waals surface area contributed by atoms with Crippen LogP contribution in [0, 0.1) is 0 Å². The average molecular weight is 264 g/mol. The Balaban J connectivity index is 2.69. The number of anilines is 2. The zero-order valence-corrected chi connectivity index (χ0v) is 10.2. The molecule has 0 aliphatic carbocycles. The topological polar surface area (TPSA) is 106 Å². The van der Waals surface area contributed by atoms with E-state index in [4.69, 9.17) is 11.5 Å². The number of benzene rings is 2. The molecule has 0 aromatic heterocycles. The Morgan fingerprint density at radius 1 is 0.889 bits per heavy atom. The SMILES string of the molecule is Nc1ccc(-c2cc(N)ccc2S(=O)(=O)O)cc1. The van der Waals surface area contributed by atoms with Gasteiger partial charge in [0, 0.05) is 16.9 Å². The van der Waals surface area contributed by atoms with Crippen molar-refractivity contribution in [2.24, 2.45) is 0 Å². The summed E-state index contributed by atoms with van der Waals surface area (Å²) in [5.74, 6) is 0. The van der Waals surface area contributed by atoms with Crippen molar-refractivity contribution in [3.8, 4) is 11.1 Å². The lowest BCUT2D eigenvalue weighted by Crippen LogP contribution is -2.01. The van der Waals surface area contributed by atoms with Gasteiger partial charge in [-0.15, -0.1) is 0 Å². The van der Waals surface area contributed by atoms with Crippen LogP contribution in [0.4, 0.5) is 11.4 Å². The lowest BCUT2D eigenvalue weighted by molar-refractivity contribution is 0.483. The summed E-state index contributed by atoms with van der Waals surface area (Å²) >= 11 is 0. The molecule has 0 spiro atoms. The van der Waals surface area contributed by atoms with E-state index >= 15 is 0 Å². The minimum Gasteiger partial charge on any atom is -0.399 e. The van der Waals surface area contributed by atoms with Crippen LogP contribution in [0.15, 0.2) is 47.4 Å². The molecule has 0 fully saturated rings. The number of rotatable bonds is 2. The third-order valence-corrected chi connectivity index (χ3v) is 3.42. The fraction of sp³-hybridized carbons (Fsp3) is 0. The summed E-state index contributed by atoms with van der Waals surface area (Å²) in [6.07, 6.45) is 0. The molecule has 18 heavy (non-hydrogen) atoms. The quantitative estimate of drug-likeness (QED) is 0.566. The predicted octanol–water partition coefficient (Wildman–Crippen LogP) is 1.76. The van der Waals surface area contributed by atoms with Gasteiger partial charge in [0.05, 0.1) is 0 Å². The summed E-state index contributed by atoms with van der Waals surface area (Å²) in [5.41, 5.74) is 13.1. The second-order valence-corrected chi connectivity index (χ2v) is 5.24. The van der Waals surface area contributed by atoms with Crippen molar-refractivity contribution in [2.75, 3.05) is 11.5 Å². The van der Waals surface area contributed by atoms with Gasteiger partial charge in [-0.25, -0.2) is 0 Å². The standard InChI is InChI=1S/C12H12N2O3S/c13-9-3-1-8(2-4-9)11-7-10(14)5-6-12(11)18(15,16)17/h1-7H,13-14H2,(H,15,16,17). The summed E-state index contributed by atoms with van der Waals surface area (Å²) in [7, 11) is -4.30. The van der Waals surface area contributed by atoms with Gasteiger partial charge in [-0.05, 0) is 35.9 Å². The van der Waals surface area contributed by atoms with Crippen LogP contribution in [0.5, 0.6) is 0 Å². The third-order valence-electron chi connectivity index (χ3n) is 2.50. The number of hydrogen-bond donors (Lipinski definition) is 3. The average Bonchev–Trinajstić information content (AvgIpc) is 2.28. The van der Waals surface area contributed by atoms with E-state index in [-0.39, 0.29) is 4.90 Å². The molecule has 5 nitrogen and oxygen atoms in total. The van der Waals surface area contributed by atoms with E-state index < -0.39 is 10.1 Å². The molecule has 0 saturated heterocycles. The Morgan fingerprint density at radius 3 is 2.00 bits per heavy atom. The molecule has 0 saturated carbocycles. The van der Waals surface area contributed by atoms with E-state index in [1.807, 2.05) is 0 Å². The lowest BCUT2D eigenvalue weighted by Gasteiger charge is -2.08. The van der Waals surface area contributed by atoms with Crippen molar-refractivity contribution >= 4 is 21.5 Å². The number of hydrogen-bond acceptors (Lipinski definition) is 4. The monoisotopic (exact) mass is 264 g/mol. The van der Waals surface area contributed by atoms with E-state index in [0.717, 1.165) is 0 Å². The second kappa shape index (κ2) is 4.32. The normalized spacial score (nSPS) is 11.4. The molecule has 6 heteroatoms. The first kappa shape index (κ1) is 12.4. The van der Waals surface area contributed by atoms with Crippen LogP contribution in [-0.2, 0) is 10.1 Å². The Labute approximate surface area is 105 Å². The molecule has 0 atom stereocenters. The Kier molecular flexibility index (Phi) is 2.98. The number of nitrogens with two attached hydrogens (primary N) is 2. The first-order valence-electron chi connectivity index (χ1n) is 5.11. The highest BCUT2D eigenvalue weighted by molar-refractivity contribution is 7.86. The summed E-state index contributed by atoms with van der Waals surface area (Å²) in [6.45, 7) is 0. The highest BCUT2D eigenvalue weighted by Crippen LogP contribution is 2.29. The summed E-state index contributed by atoms with van der Waals surface area (Å²) in [6, 6.07) is 10.8. The Morgan fingerprint density at radius 2 is 1.44 bits per heavy atom. The molecule has 0 aliphatic rings. The van der Waals surface area contributed by atoms with Gasteiger partial charge in [-0.1, -0.05) is 12.1 Å². The highest BCUT2D eigenvalue weighted by atomic mass is 32.2. The van der Waals surface area contributed by atoms with Crippen molar-refractivity contribution in [3.63, 3.8) is 0 Å². The van der Waals surface area contributed by atoms with Crippen LogP contribution in [0.25, 0.3) is 11.1 Å². The first-order valence-corrected chi connectivity index (χ1v) is 6.55. The molecule has 0 unspecified atom stereocenters. The smallest absolute Gasteiger partial charge is 0.295 e. The molecule has 0 aliphatic heterocycles. The molecule has 0 amide bonds. The summed E-state index contributed by atoms with van der Waals surface area (Å²) in [5, 5.41) is 0. The summed E-state index contributed by atoms with van der Waals surface area (Å²) in [4.78, 5) is -0.179. The maximum Gasteiger partial charge on any atom is 0.295 e. The second-order valence-electron chi connectivity index (χ2n) is 3.85. The van der Waals surface area contributed by atoms with Crippen molar-refractivity contribution < 1.29 is 13.0 Å². The molecule has 0 radical (unpaired) electrons. The van der Waals surface area contributed by atoms with Crippen molar-refractivity contribution in [2.45, 2.75) is 4.90 Å². The first-order chi connectivity index (χ1) is 8.38. The molecular weight excluding hydrogens is 252 g/mol. The lowest BCUT2D eigenvalue weighted by atomic mass is 10.0.